The van der Waals surface area contributed by atoms with Crippen molar-refractivity contribution in [2.75, 3.05) is 5.32 Å². The summed E-state index contributed by atoms with van der Waals surface area (Å²) in [5.74, 6) is 0.375. The number of hydrogen-bond donors (Lipinski definition) is 2. The molecule has 0 spiro atoms. The van der Waals surface area contributed by atoms with Crippen LogP contribution in [-0.4, -0.2) is 25.6 Å². The SMILES string of the molecule is CC(Cl)Nc1c(Cl)cnc2ccc(-c3cnc(C(C)(C)O)nc3)cc12. The highest BCUT2D eigenvalue weighted by molar-refractivity contribution is 6.35. The van der Waals surface area contributed by atoms with Gasteiger partial charge < -0.3 is 10.4 Å². The minimum absolute atomic E-state index is 0.277. The first kappa shape index (κ1) is 17.9. The quantitative estimate of drug-likeness (QED) is 0.515. The van der Waals surface area contributed by atoms with Gasteiger partial charge in [0.05, 0.1) is 21.7 Å². The van der Waals surface area contributed by atoms with Crippen LogP contribution in [-0.2, 0) is 5.60 Å². The zero-order valence-electron chi connectivity index (χ0n) is 14.1. The van der Waals surface area contributed by atoms with Crippen molar-refractivity contribution in [3.05, 3.63) is 47.6 Å². The lowest BCUT2D eigenvalue weighted by atomic mass is 10.0. The Morgan fingerprint density at radius 1 is 1.08 bits per heavy atom. The van der Waals surface area contributed by atoms with E-state index in [1.807, 2.05) is 25.1 Å². The van der Waals surface area contributed by atoms with Gasteiger partial charge in [-0.3, -0.25) is 4.98 Å². The number of halogens is 2. The monoisotopic (exact) mass is 376 g/mol. The fourth-order valence-electron chi connectivity index (χ4n) is 2.49. The molecule has 130 valence electrons. The van der Waals surface area contributed by atoms with E-state index in [-0.39, 0.29) is 5.50 Å². The topological polar surface area (TPSA) is 70.9 Å². The Morgan fingerprint density at radius 3 is 2.36 bits per heavy atom. The molecule has 2 N–H and O–H groups in total. The van der Waals surface area contributed by atoms with Crippen LogP contribution in [0.5, 0.6) is 0 Å². The van der Waals surface area contributed by atoms with E-state index in [0.717, 1.165) is 27.7 Å². The van der Waals surface area contributed by atoms with Crippen LogP contribution in [0.15, 0.2) is 36.8 Å². The van der Waals surface area contributed by atoms with E-state index in [9.17, 15) is 5.11 Å². The van der Waals surface area contributed by atoms with Crippen molar-refractivity contribution in [3.8, 4) is 11.1 Å². The zero-order valence-corrected chi connectivity index (χ0v) is 15.6. The normalized spacial score (nSPS) is 13.0. The molecule has 5 nitrogen and oxygen atoms in total. The summed E-state index contributed by atoms with van der Waals surface area (Å²) in [6.07, 6.45) is 4.99. The predicted octanol–water partition coefficient (Wildman–Crippen LogP) is 4.57. The summed E-state index contributed by atoms with van der Waals surface area (Å²) in [5.41, 5.74) is 1.95. The van der Waals surface area contributed by atoms with E-state index >= 15 is 0 Å². The maximum Gasteiger partial charge on any atom is 0.159 e. The summed E-state index contributed by atoms with van der Waals surface area (Å²) >= 11 is 12.3. The molecule has 0 amide bonds. The Kier molecular flexibility index (Phi) is 4.82. The minimum Gasteiger partial charge on any atom is -0.382 e. The molecule has 1 aromatic carbocycles. The van der Waals surface area contributed by atoms with Gasteiger partial charge in [-0.15, -0.1) is 0 Å². The van der Waals surface area contributed by atoms with Crippen molar-refractivity contribution in [2.45, 2.75) is 31.9 Å². The van der Waals surface area contributed by atoms with Gasteiger partial charge in [0.25, 0.3) is 0 Å². The molecule has 2 heterocycles. The van der Waals surface area contributed by atoms with Crippen LogP contribution >= 0.6 is 23.2 Å². The van der Waals surface area contributed by atoms with E-state index in [0.29, 0.717) is 10.8 Å². The van der Waals surface area contributed by atoms with Crippen LogP contribution in [0.25, 0.3) is 22.0 Å². The summed E-state index contributed by atoms with van der Waals surface area (Å²) in [4.78, 5) is 12.9. The second-order valence-electron chi connectivity index (χ2n) is 6.33. The first-order valence-corrected chi connectivity index (χ1v) is 8.61. The molecule has 7 heteroatoms. The maximum absolute atomic E-state index is 9.97. The van der Waals surface area contributed by atoms with Crippen molar-refractivity contribution in [2.24, 2.45) is 0 Å². The van der Waals surface area contributed by atoms with Crippen LogP contribution in [0, 0.1) is 0 Å². The number of aliphatic hydroxyl groups is 1. The van der Waals surface area contributed by atoms with Gasteiger partial charge >= 0.3 is 0 Å². The smallest absolute Gasteiger partial charge is 0.159 e. The van der Waals surface area contributed by atoms with Crippen LogP contribution in [0.1, 0.15) is 26.6 Å². The van der Waals surface area contributed by atoms with Gasteiger partial charge in [0, 0.05) is 29.5 Å². The Morgan fingerprint density at radius 2 is 1.76 bits per heavy atom. The average molecular weight is 377 g/mol. The molecule has 3 rings (SSSR count). The molecule has 1 unspecified atom stereocenters. The third kappa shape index (κ3) is 3.84. The third-order valence-corrected chi connectivity index (χ3v) is 4.09. The summed E-state index contributed by atoms with van der Waals surface area (Å²) < 4.78 is 0. The van der Waals surface area contributed by atoms with E-state index in [1.165, 1.54) is 0 Å². The fourth-order valence-corrected chi connectivity index (χ4v) is 2.80. The predicted molar refractivity (Wildman–Crippen MR) is 102 cm³/mol. The minimum atomic E-state index is -1.08. The summed E-state index contributed by atoms with van der Waals surface area (Å²) in [6, 6.07) is 5.83. The van der Waals surface area contributed by atoms with E-state index in [4.69, 9.17) is 23.2 Å². The van der Waals surface area contributed by atoms with Gasteiger partial charge in [-0.05, 0) is 38.5 Å². The molecule has 3 aromatic rings. The van der Waals surface area contributed by atoms with Gasteiger partial charge in [0.1, 0.15) is 5.60 Å². The molecule has 2 aromatic heterocycles. The molecule has 0 aliphatic carbocycles. The molecular formula is C18H18Cl2N4O. The average Bonchev–Trinajstić information content (AvgIpc) is 2.56. The molecule has 0 saturated heterocycles. The van der Waals surface area contributed by atoms with Crippen LogP contribution in [0.4, 0.5) is 5.69 Å². The molecule has 0 aliphatic rings. The first-order chi connectivity index (χ1) is 11.8. The molecule has 0 bridgehead atoms. The highest BCUT2D eigenvalue weighted by Crippen LogP contribution is 2.33. The van der Waals surface area contributed by atoms with Crippen molar-refractivity contribution < 1.29 is 5.11 Å². The maximum atomic E-state index is 9.97. The lowest BCUT2D eigenvalue weighted by Gasteiger charge is -2.16. The van der Waals surface area contributed by atoms with E-state index in [1.54, 1.807) is 32.4 Å². The fraction of sp³-hybridized carbons (Fsp3) is 0.278. The Hall–Kier alpha value is -1.95. The molecule has 0 fully saturated rings. The Bertz CT molecular complexity index is 905. The molecule has 25 heavy (non-hydrogen) atoms. The highest BCUT2D eigenvalue weighted by Gasteiger charge is 2.19. The number of alkyl halides is 1. The second-order valence-corrected chi connectivity index (χ2v) is 7.39. The highest BCUT2D eigenvalue weighted by atomic mass is 35.5. The van der Waals surface area contributed by atoms with Gasteiger partial charge in [0.2, 0.25) is 0 Å². The number of fused-ring (bicyclic) bond motifs is 1. The molecule has 0 aliphatic heterocycles. The number of anilines is 1. The molecule has 0 saturated carbocycles. The van der Waals surface area contributed by atoms with Gasteiger partial charge in [-0.2, -0.15) is 0 Å². The van der Waals surface area contributed by atoms with E-state index in [2.05, 4.69) is 20.3 Å². The summed E-state index contributed by atoms with van der Waals surface area (Å²) in [5, 5.41) is 14.5. The number of pyridine rings is 1. The Balaban J connectivity index is 2.08. The van der Waals surface area contributed by atoms with Crippen LogP contribution < -0.4 is 5.32 Å². The van der Waals surface area contributed by atoms with Gasteiger partial charge in [-0.25, -0.2) is 9.97 Å². The van der Waals surface area contributed by atoms with Crippen molar-refractivity contribution >= 4 is 39.8 Å². The van der Waals surface area contributed by atoms with E-state index < -0.39 is 5.60 Å². The lowest BCUT2D eigenvalue weighted by molar-refractivity contribution is 0.0687. The number of aromatic nitrogens is 3. The number of benzene rings is 1. The number of rotatable bonds is 4. The number of nitrogens with one attached hydrogen (secondary N) is 1. The van der Waals surface area contributed by atoms with Crippen molar-refractivity contribution in [1.82, 2.24) is 15.0 Å². The van der Waals surface area contributed by atoms with Gasteiger partial charge in [-0.1, -0.05) is 29.3 Å². The summed E-state index contributed by atoms with van der Waals surface area (Å²) in [6.45, 7) is 5.13. The van der Waals surface area contributed by atoms with Crippen molar-refractivity contribution in [1.29, 1.82) is 0 Å². The van der Waals surface area contributed by atoms with Crippen LogP contribution in [0.2, 0.25) is 5.02 Å². The number of hydrogen-bond acceptors (Lipinski definition) is 5. The molecule has 0 radical (unpaired) electrons. The number of nitrogens with zero attached hydrogens (tertiary/aromatic N) is 3. The summed E-state index contributed by atoms with van der Waals surface area (Å²) in [7, 11) is 0. The Labute approximate surface area is 156 Å². The largest absolute Gasteiger partial charge is 0.382 e. The van der Waals surface area contributed by atoms with Crippen molar-refractivity contribution in [3.63, 3.8) is 0 Å². The third-order valence-electron chi connectivity index (χ3n) is 3.70. The standard InChI is InChI=1S/C18H18Cl2N4O/c1-10(19)24-16-13-6-11(4-5-15(13)21-9-14(16)20)12-7-22-17(23-8-12)18(2,3)25/h4-10,25H,1-3H3,(H,21,24). The second kappa shape index (κ2) is 6.75. The van der Waals surface area contributed by atoms with Gasteiger partial charge in [0.15, 0.2) is 5.82 Å². The molecule has 1 atom stereocenters. The lowest BCUT2D eigenvalue weighted by Crippen LogP contribution is -2.19. The van der Waals surface area contributed by atoms with Crippen LogP contribution in [0.3, 0.4) is 0 Å². The first-order valence-electron chi connectivity index (χ1n) is 7.80. The molecular weight excluding hydrogens is 359 g/mol. The zero-order chi connectivity index (χ0) is 18.2.